The fourth-order valence-electron chi connectivity index (χ4n) is 0.889. The Labute approximate surface area is 76.8 Å². The molecule has 0 bridgehead atoms. The monoisotopic (exact) mass is 182 g/mol. The second-order valence-electron chi connectivity index (χ2n) is 2.56. The Morgan fingerprint density at radius 2 is 2.54 bits per heavy atom. The summed E-state index contributed by atoms with van der Waals surface area (Å²) in [6, 6.07) is 0. The number of nitrogens with two attached hydrogens (primary N) is 1. The van der Waals surface area contributed by atoms with Crippen molar-refractivity contribution in [3.05, 3.63) is 12.4 Å². The van der Waals surface area contributed by atoms with Gasteiger partial charge in [0.15, 0.2) is 5.96 Å². The van der Waals surface area contributed by atoms with Crippen LogP contribution >= 0.6 is 0 Å². The molecular weight excluding hydrogens is 168 g/mol. The Kier molecular flexibility index (Phi) is 3.74. The summed E-state index contributed by atoms with van der Waals surface area (Å²) < 4.78 is 1.78. The van der Waals surface area contributed by atoms with Gasteiger partial charge in [0, 0.05) is 26.3 Å². The lowest BCUT2D eigenvalue weighted by atomic mass is 10.4. The van der Waals surface area contributed by atoms with Gasteiger partial charge in [-0.3, -0.25) is 9.67 Å². The van der Waals surface area contributed by atoms with Gasteiger partial charge in [-0.1, -0.05) is 5.21 Å². The quantitative estimate of drug-likeness (QED) is 0.363. The summed E-state index contributed by atoms with van der Waals surface area (Å²) in [6.07, 6.45) is 4.44. The first-order valence-electron chi connectivity index (χ1n) is 4.13. The molecule has 0 amide bonds. The molecule has 0 radical (unpaired) electrons. The molecule has 1 aromatic heterocycles. The van der Waals surface area contributed by atoms with Gasteiger partial charge in [0.25, 0.3) is 0 Å². The molecule has 0 fully saturated rings. The van der Waals surface area contributed by atoms with Crippen molar-refractivity contribution in [2.24, 2.45) is 10.7 Å². The topological polar surface area (TPSA) is 81.1 Å². The maximum atomic E-state index is 5.44. The Morgan fingerprint density at radius 3 is 3.15 bits per heavy atom. The second kappa shape index (κ2) is 5.13. The molecule has 0 saturated heterocycles. The van der Waals surface area contributed by atoms with Crippen molar-refractivity contribution < 1.29 is 0 Å². The summed E-state index contributed by atoms with van der Waals surface area (Å²) in [5, 5.41) is 10.5. The highest BCUT2D eigenvalue weighted by Gasteiger charge is 1.92. The molecule has 0 saturated carbocycles. The summed E-state index contributed by atoms with van der Waals surface area (Å²) in [5.41, 5.74) is 5.44. The summed E-state index contributed by atoms with van der Waals surface area (Å²) in [5.74, 6) is 0.471. The number of aryl methyl sites for hydroxylation is 1. The van der Waals surface area contributed by atoms with Crippen molar-refractivity contribution in [3.8, 4) is 0 Å². The Morgan fingerprint density at radius 1 is 1.69 bits per heavy atom. The zero-order valence-electron chi connectivity index (χ0n) is 7.64. The number of aliphatic imine (C=N–C) groups is 1. The van der Waals surface area contributed by atoms with Gasteiger partial charge in [-0.25, -0.2) is 0 Å². The van der Waals surface area contributed by atoms with E-state index >= 15 is 0 Å². The zero-order chi connectivity index (χ0) is 9.52. The predicted molar refractivity (Wildman–Crippen MR) is 50.2 cm³/mol. The maximum Gasteiger partial charge on any atom is 0.188 e. The van der Waals surface area contributed by atoms with Crippen LogP contribution in [0.2, 0.25) is 0 Å². The van der Waals surface area contributed by atoms with Gasteiger partial charge in [0.05, 0.1) is 6.20 Å². The second-order valence-corrected chi connectivity index (χ2v) is 2.56. The summed E-state index contributed by atoms with van der Waals surface area (Å²) in [4.78, 5) is 3.77. The molecule has 13 heavy (non-hydrogen) atoms. The fourth-order valence-corrected chi connectivity index (χ4v) is 0.889. The van der Waals surface area contributed by atoms with Crippen molar-refractivity contribution in [1.29, 1.82) is 0 Å². The summed E-state index contributed by atoms with van der Waals surface area (Å²) in [7, 11) is 1.65. The van der Waals surface area contributed by atoms with Crippen molar-refractivity contribution in [2.45, 2.75) is 13.0 Å². The van der Waals surface area contributed by atoms with Gasteiger partial charge in [0.1, 0.15) is 0 Å². The van der Waals surface area contributed by atoms with Gasteiger partial charge >= 0.3 is 0 Å². The summed E-state index contributed by atoms with van der Waals surface area (Å²) in [6.45, 7) is 1.63. The van der Waals surface area contributed by atoms with Crippen LogP contribution in [-0.4, -0.2) is 34.5 Å². The SMILES string of the molecule is CN=C(N)NCCCn1ccnn1. The lowest BCUT2D eigenvalue weighted by molar-refractivity contribution is 0.554. The van der Waals surface area contributed by atoms with Crippen LogP contribution in [0, 0.1) is 0 Å². The van der Waals surface area contributed by atoms with Gasteiger partial charge in [-0.05, 0) is 6.42 Å². The van der Waals surface area contributed by atoms with Crippen molar-refractivity contribution in [1.82, 2.24) is 20.3 Å². The van der Waals surface area contributed by atoms with Crippen LogP contribution in [0.5, 0.6) is 0 Å². The smallest absolute Gasteiger partial charge is 0.188 e. The van der Waals surface area contributed by atoms with Crippen LogP contribution in [0.3, 0.4) is 0 Å². The maximum absolute atomic E-state index is 5.44. The molecule has 6 nitrogen and oxygen atoms in total. The van der Waals surface area contributed by atoms with E-state index in [9.17, 15) is 0 Å². The molecule has 3 N–H and O–H groups in total. The van der Waals surface area contributed by atoms with E-state index in [4.69, 9.17) is 5.73 Å². The van der Waals surface area contributed by atoms with Crippen LogP contribution in [-0.2, 0) is 6.54 Å². The normalized spacial score (nSPS) is 11.6. The van der Waals surface area contributed by atoms with Gasteiger partial charge in [-0.15, -0.1) is 5.10 Å². The first-order valence-corrected chi connectivity index (χ1v) is 4.13. The zero-order valence-corrected chi connectivity index (χ0v) is 7.64. The number of aromatic nitrogens is 3. The molecule has 1 heterocycles. The molecule has 1 rings (SSSR count). The van der Waals surface area contributed by atoms with E-state index in [2.05, 4.69) is 20.6 Å². The van der Waals surface area contributed by atoms with Gasteiger partial charge in [0.2, 0.25) is 0 Å². The molecule has 72 valence electrons. The highest BCUT2D eigenvalue weighted by molar-refractivity contribution is 5.77. The average molecular weight is 182 g/mol. The Hall–Kier alpha value is -1.59. The minimum absolute atomic E-state index is 0.471. The lowest BCUT2D eigenvalue weighted by Crippen LogP contribution is -2.32. The largest absolute Gasteiger partial charge is 0.370 e. The molecule has 0 unspecified atom stereocenters. The van der Waals surface area contributed by atoms with Gasteiger partial charge in [-0.2, -0.15) is 0 Å². The van der Waals surface area contributed by atoms with Crippen LogP contribution in [0.4, 0.5) is 0 Å². The fraction of sp³-hybridized carbons (Fsp3) is 0.571. The van der Waals surface area contributed by atoms with E-state index < -0.39 is 0 Å². The first kappa shape index (κ1) is 9.50. The van der Waals surface area contributed by atoms with E-state index in [0.29, 0.717) is 5.96 Å². The third kappa shape index (κ3) is 3.55. The number of rotatable bonds is 4. The number of nitrogens with one attached hydrogen (secondary N) is 1. The van der Waals surface area contributed by atoms with Crippen LogP contribution in [0.25, 0.3) is 0 Å². The Balaban J connectivity index is 2.08. The molecule has 0 aromatic carbocycles. The third-order valence-corrected chi connectivity index (χ3v) is 1.58. The summed E-state index contributed by atoms with van der Waals surface area (Å²) >= 11 is 0. The molecule has 0 aliphatic heterocycles. The van der Waals surface area contributed by atoms with Crippen molar-refractivity contribution >= 4 is 5.96 Å². The van der Waals surface area contributed by atoms with E-state index in [1.54, 1.807) is 17.9 Å². The van der Waals surface area contributed by atoms with E-state index in [1.807, 2.05) is 6.20 Å². The number of hydrogen-bond donors (Lipinski definition) is 2. The highest BCUT2D eigenvalue weighted by atomic mass is 15.4. The third-order valence-electron chi connectivity index (χ3n) is 1.58. The molecule has 6 heteroatoms. The molecule has 0 aliphatic carbocycles. The highest BCUT2D eigenvalue weighted by Crippen LogP contribution is 1.84. The predicted octanol–water partition coefficient (Wildman–Crippen LogP) is -0.798. The average Bonchev–Trinajstić information content (AvgIpc) is 2.64. The lowest BCUT2D eigenvalue weighted by Gasteiger charge is -2.03. The van der Waals surface area contributed by atoms with E-state index in [0.717, 1.165) is 19.5 Å². The standard InChI is InChI=1S/C7H14N6/c1-9-7(8)10-3-2-5-13-6-4-11-12-13/h4,6H,2-3,5H2,1H3,(H3,8,9,10). The van der Waals surface area contributed by atoms with Crippen molar-refractivity contribution in [2.75, 3.05) is 13.6 Å². The number of hydrogen-bond acceptors (Lipinski definition) is 3. The van der Waals surface area contributed by atoms with E-state index in [1.165, 1.54) is 0 Å². The molecule has 0 aliphatic rings. The minimum Gasteiger partial charge on any atom is -0.370 e. The van der Waals surface area contributed by atoms with Crippen LogP contribution in [0.1, 0.15) is 6.42 Å². The van der Waals surface area contributed by atoms with Gasteiger partial charge < -0.3 is 11.1 Å². The molecule has 1 aromatic rings. The van der Waals surface area contributed by atoms with Crippen molar-refractivity contribution in [3.63, 3.8) is 0 Å². The number of nitrogens with zero attached hydrogens (tertiary/aromatic N) is 4. The Bertz CT molecular complexity index is 252. The van der Waals surface area contributed by atoms with Crippen LogP contribution < -0.4 is 11.1 Å². The number of guanidine groups is 1. The van der Waals surface area contributed by atoms with E-state index in [-0.39, 0.29) is 0 Å². The molecule has 0 spiro atoms. The molecule has 0 atom stereocenters. The minimum atomic E-state index is 0.471. The molecular formula is C7H14N6. The first-order chi connectivity index (χ1) is 6.33. The van der Waals surface area contributed by atoms with Crippen LogP contribution in [0.15, 0.2) is 17.4 Å².